The zero-order valence-corrected chi connectivity index (χ0v) is 12.0. The molecular formula is C13H18ClNOS. The summed E-state index contributed by atoms with van der Waals surface area (Å²) in [4.78, 5) is 16.2. The summed E-state index contributed by atoms with van der Waals surface area (Å²) >= 11 is 7.75. The molecule has 0 atom stereocenters. The van der Waals surface area contributed by atoms with Crippen LogP contribution in [0.2, 0.25) is 0 Å². The molecule has 0 saturated carbocycles. The number of hydrogen-bond donors (Lipinski definition) is 0. The lowest BCUT2D eigenvalue weighted by Crippen LogP contribution is -2.33. The Kier molecular flexibility index (Phi) is 4.10. The number of amides is 1. The van der Waals surface area contributed by atoms with Gasteiger partial charge >= 0.3 is 0 Å². The van der Waals surface area contributed by atoms with E-state index in [-0.39, 0.29) is 5.91 Å². The van der Waals surface area contributed by atoms with Crippen molar-refractivity contribution in [1.82, 2.24) is 4.90 Å². The van der Waals surface area contributed by atoms with E-state index in [0.29, 0.717) is 5.88 Å². The van der Waals surface area contributed by atoms with Gasteiger partial charge in [0.1, 0.15) is 0 Å². The number of fused-ring (bicyclic) bond motifs is 1. The van der Waals surface area contributed by atoms with E-state index in [2.05, 4.69) is 6.92 Å². The first-order valence-corrected chi connectivity index (χ1v) is 7.46. The van der Waals surface area contributed by atoms with Crippen LogP contribution in [0.3, 0.4) is 0 Å². The second kappa shape index (κ2) is 5.40. The summed E-state index contributed by atoms with van der Waals surface area (Å²) in [5.74, 6) is 0.869. The molecule has 94 valence electrons. The summed E-state index contributed by atoms with van der Waals surface area (Å²) in [6.45, 7) is 5.50. The van der Waals surface area contributed by atoms with Crippen molar-refractivity contribution < 1.29 is 4.79 Å². The SMILES string of the molecule is CCc1sc2c(c1CCCl)CCN(C(C)=O)C2. The molecule has 0 N–H and O–H groups in total. The maximum Gasteiger partial charge on any atom is 0.219 e. The quantitative estimate of drug-likeness (QED) is 0.774. The van der Waals surface area contributed by atoms with E-state index in [4.69, 9.17) is 11.6 Å². The van der Waals surface area contributed by atoms with Crippen molar-refractivity contribution in [3.05, 3.63) is 20.9 Å². The van der Waals surface area contributed by atoms with Gasteiger partial charge in [-0.25, -0.2) is 0 Å². The van der Waals surface area contributed by atoms with Crippen LogP contribution in [0.25, 0.3) is 0 Å². The predicted molar refractivity (Wildman–Crippen MR) is 72.9 cm³/mol. The standard InChI is InChI=1S/C13H18ClNOS/c1-3-12-10(4-6-14)11-5-7-15(9(2)16)8-13(11)17-12/h3-8H2,1-2H3. The van der Waals surface area contributed by atoms with Gasteiger partial charge in [0.2, 0.25) is 5.91 Å². The van der Waals surface area contributed by atoms with Gasteiger partial charge in [-0.15, -0.1) is 22.9 Å². The number of nitrogens with zero attached hydrogens (tertiary/aromatic N) is 1. The Balaban J connectivity index is 2.30. The highest BCUT2D eigenvalue weighted by atomic mass is 35.5. The molecule has 2 nitrogen and oxygen atoms in total. The predicted octanol–water partition coefficient (Wildman–Crippen LogP) is 3.00. The van der Waals surface area contributed by atoms with Gasteiger partial charge in [-0.1, -0.05) is 6.92 Å². The molecule has 1 amide bonds. The Morgan fingerprint density at radius 2 is 2.29 bits per heavy atom. The molecule has 4 heteroatoms. The molecule has 1 aliphatic rings. The Labute approximate surface area is 112 Å². The molecular weight excluding hydrogens is 254 g/mol. The van der Waals surface area contributed by atoms with Gasteiger partial charge in [-0.05, 0) is 30.4 Å². The zero-order valence-electron chi connectivity index (χ0n) is 10.4. The first-order chi connectivity index (χ1) is 8.17. The van der Waals surface area contributed by atoms with Crippen molar-refractivity contribution in [3.63, 3.8) is 0 Å². The van der Waals surface area contributed by atoms with Gasteiger partial charge in [0.15, 0.2) is 0 Å². The third-order valence-corrected chi connectivity index (χ3v) is 4.95. The van der Waals surface area contributed by atoms with Gasteiger partial charge < -0.3 is 4.90 Å². The van der Waals surface area contributed by atoms with Gasteiger partial charge in [-0.2, -0.15) is 0 Å². The number of halogens is 1. The summed E-state index contributed by atoms with van der Waals surface area (Å²) in [5, 5.41) is 0. The summed E-state index contributed by atoms with van der Waals surface area (Å²) in [5.41, 5.74) is 2.94. The number of carbonyl (C=O) groups excluding carboxylic acids is 1. The molecule has 1 aliphatic heterocycles. The largest absolute Gasteiger partial charge is 0.337 e. The molecule has 2 heterocycles. The minimum atomic E-state index is 0.181. The fourth-order valence-corrected chi connectivity index (χ4v) is 4.01. The van der Waals surface area contributed by atoms with Crippen LogP contribution in [0, 0.1) is 0 Å². The Morgan fingerprint density at radius 1 is 1.53 bits per heavy atom. The lowest BCUT2D eigenvalue weighted by Gasteiger charge is -2.26. The van der Waals surface area contributed by atoms with Gasteiger partial charge in [0.05, 0.1) is 6.54 Å². The van der Waals surface area contributed by atoms with E-state index in [1.54, 1.807) is 6.92 Å². The lowest BCUT2D eigenvalue weighted by atomic mass is 9.99. The first-order valence-electron chi connectivity index (χ1n) is 6.11. The molecule has 0 unspecified atom stereocenters. The van der Waals surface area contributed by atoms with Crippen LogP contribution in [0.5, 0.6) is 0 Å². The van der Waals surface area contributed by atoms with Gasteiger partial charge in [0.25, 0.3) is 0 Å². The molecule has 1 aromatic heterocycles. The van der Waals surface area contributed by atoms with Crippen LogP contribution in [0.4, 0.5) is 0 Å². The number of hydrogen-bond acceptors (Lipinski definition) is 2. The molecule has 0 spiro atoms. The summed E-state index contributed by atoms with van der Waals surface area (Å²) in [6, 6.07) is 0. The number of thiophene rings is 1. The number of carbonyl (C=O) groups is 1. The molecule has 0 radical (unpaired) electrons. The zero-order chi connectivity index (χ0) is 12.4. The molecule has 0 fully saturated rings. The van der Waals surface area contributed by atoms with Crippen LogP contribution < -0.4 is 0 Å². The highest BCUT2D eigenvalue weighted by Crippen LogP contribution is 2.34. The maximum atomic E-state index is 11.4. The molecule has 0 bridgehead atoms. The van der Waals surface area contributed by atoms with Crippen LogP contribution in [0.15, 0.2) is 0 Å². The number of aryl methyl sites for hydroxylation is 1. The average Bonchev–Trinajstić information content (AvgIpc) is 2.67. The molecule has 1 aromatic rings. The van der Waals surface area contributed by atoms with Crippen molar-refractivity contribution in [1.29, 1.82) is 0 Å². The minimum absolute atomic E-state index is 0.181. The maximum absolute atomic E-state index is 11.4. The third-order valence-electron chi connectivity index (χ3n) is 3.36. The van der Waals surface area contributed by atoms with Crippen molar-refractivity contribution in [3.8, 4) is 0 Å². The average molecular weight is 272 g/mol. The second-order valence-corrected chi connectivity index (χ2v) is 5.96. The fraction of sp³-hybridized carbons (Fsp3) is 0.615. The molecule has 2 rings (SSSR count). The summed E-state index contributed by atoms with van der Waals surface area (Å²) in [6.07, 6.45) is 3.04. The Bertz CT molecular complexity index is 427. The van der Waals surface area contributed by atoms with Crippen molar-refractivity contribution in [2.75, 3.05) is 12.4 Å². The van der Waals surface area contributed by atoms with Crippen molar-refractivity contribution in [2.45, 2.75) is 39.7 Å². The van der Waals surface area contributed by atoms with E-state index in [0.717, 1.165) is 32.4 Å². The minimum Gasteiger partial charge on any atom is -0.337 e. The van der Waals surface area contributed by atoms with Crippen molar-refractivity contribution in [2.24, 2.45) is 0 Å². The highest BCUT2D eigenvalue weighted by molar-refractivity contribution is 7.12. The van der Waals surface area contributed by atoms with E-state index in [1.165, 1.54) is 20.9 Å². The highest BCUT2D eigenvalue weighted by Gasteiger charge is 2.24. The molecule has 17 heavy (non-hydrogen) atoms. The monoisotopic (exact) mass is 271 g/mol. The third kappa shape index (κ3) is 2.50. The topological polar surface area (TPSA) is 20.3 Å². The van der Waals surface area contributed by atoms with Gasteiger partial charge in [-0.3, -0.25) is 4.79 Å². The number of alkyl halides is 1. The van der Waals surface area contributed by atoms with E-state index >= 15 is 0 Å². The van der Waals surface area contributed by atoms with E-state index in [9.17, 15) is 4.79 Å². The summed E-state index contributed by atoms with van der Waals surface area (Å²) < 4.78 is 0. The van der Waals surface area contributed by atoms with Crippen LogP contribution in [0.1, 0.15) is 34.7 Å². The molecule has 0 aromatic carbocycles. The number of rotatable bonds is 3. The van der Waals surface area contributed by atoms with Crippen LogP contribution >= 0.6 is 22.9 Å². The van der Waals surface area contributed by atoms with E-state index < -0.39 is 0 Å². The van der Waals surface area contributed by atoms with Crippen LogP contribution in [-0.4, -0.2) is 23.2 Å². The Hall–Kier alpha value is -0.540. The first kappa shape index (κ1) is 12.9. The fourth-order valence-electron chi connectivity index (χ4n) is 2.46. The van der Waals surface area contributed by atoms with Gasteiger partial charge in [0, 0.05) is 29.1 Å². The smallest absolute Gasteiger partial charge is 0.219 e. The molecule has 0 saturated heterocycles. The molecule has 0 aliphatic carbocycles. The van der Waals surface area contributed by atoms with E-state index in [1.807, 2.05) is 16.2 Å². The Morgan fingerprint density at radius 3 is 2.88 bits per heavy atom. The lowest BCUT2D eigenvalue weighted by molar-refractivity contribution is -0.129. The summed E-state index contributed by atoms with van der Waals surface area (Å²) in [7, 11) is 0. The second-order valence-electron chi connectivity index (χ2n) is 4.39. The van der Waals surface area contributed by atoms with Crippen LogP contribution in [-0.2, 0) is 30.6 Å². The van der Waals surface area contributed by atoms with Crippen molar-refractivity contribution >= 4 is 28.8 Å². The normalized spacial score (nSPS) is 14.9.